The van der Waals surface area contributed by atoms with Crippen LogP contribution >= 0.6 is 43.2 Å². The van der Waals surface area contributed by atoms with Gasteiger partial charge in [0.25, 0.3) is 5.56 Å². The second kappa shape index (κ2) is 11.0. The van der Waals surface area contributed by atoms with Crippen LogP contribution in [0.1, 0.15) is 31.0 Å². The van der Waals surface area contributed by atoms with E-state index in [4.69, 9.17) is 14.2 Å². The van der Waals surface area contributed by atoms with E-state index < -0.39 is 12.0 Å². The number of hydrogen-bond acceptors (Lipinski definition) is 8. The number of hydrogen-bond donors (Lipinski definition) is 1. The van der Waals surface area contributed by atoms with E-state index in [2.05, 4.69) is 36.9 Å². The second-order valence-electron chi connectivity index (χ2n) is 7.57. The average molecular weight is 638 g/mol. The highest BCUT2D eigenvalue weighted by molar-refractivity contribution is 9.11. The SMILES string of the molecule is CCOc1ccc([C@H]2C(C(=O)OC)=CN=c3s/c(=C\c4cc(Br)cc(Br)c4O)c(=O)n32)cc1OCC. The molecule has 0 saturated carbocycles. The van der Waals surface area contributed by atoms with Gasteiger partial charge in [0.2, 0.25) is 0 Å². The van der Waals surface area contributed by atoms with Crippen LogP contribution in [0.25, 0.3) is 6.08 Å². The lowest BCUT2D eigenvalue weighted by molar-refractivity contribution is -0.136. The van der Waals surface area contributed by atoms with Crippen molar-refractivity contribution in [2.75, 3.05) is 20.3 Å². The predicted octanol–water partition coefficient (Wildman–Crippen LogP) is 4.05. The third-order valence-electron chi connectivity index (χ3n) is 5.35. The third kappa shape index (κ3) is 5.00. The second-order valence-corrected chi connectivity index (χ2v) is 10.4. The maximum atomic E-state index is 13.7. The van der Waals surface area contributed by atoms with Crippen LogP contribution in [0.5, 0.6) is 17.2 Å². The van der Waals surface area contributed by atoms with Crippen LogP contribution in [0.15, 0.2) is 60.8 Å². The molecule has 188 valence electrons. The highest BCUT2D eigenvalue weighted by atomic mass is 79.9. The fourth-order valence-corrected chi connectivity index (χ4v) is 6.04. The molecule has 1 atom stereocenters. The monoisotopic (exact) mass is 636 g/mol. The van der Waals surface area contributed by atoms with E-state index in [9.17, 15) is 14.7 Å². The Morgan fingerprint density at radius 1 is 1.17 bits per heavy atom. The summed E-state index contributed by atoms with van der Waals surface area (Å²) in [5.41, 5.74) is 0.927. The maximum absolute atomic E-state index is 13.7. The molecule has 1 aliphatic heterocycles. The van der Waals surface area contributed by atoms with Gasteiger partial charge in [-0.25, -0.2) is 9.79 Å². The van der Waals surface area contributed by atoms with Gasteiger partial charge in [0, 0.05) is 16.2 Å². The number of aromatic nitrogens is 1. The van der Waals surface area contributed by atoms with E-state index in [1.54, 1.807) is 36.4 Å². The van der Waals surface area contributed by atoms with Crippen molar-refractivity contribution in [3.05, 3.63) is 81.9 Å². The van der Waals surface area contributed by atoms with Gasteiger partial charge in [-0.1, -0.05) is 33.3 Å². The lowest BCUT2D eigenvalue weighted by Crippen LogP contribution is -2.39. The Morgan fingerprint density at radius 3 is 2.58 bits per heavy atom. The third-order valence-corrected chi connectivity index (χ3v) is 7.41. The summed E-state index contributed by atoms with van der Waals surface area (Å²) >= 11 is 7.87. The molecule has 11 heteroatoms. The topological polar surface area (TPSA) is 99.4 Å². The molecule has 0 unspecified atom stereocenters. The zero-order valence-corrected chi connectivity index (χ0v) is 23.6. The number of carbonyl (C=O) groups excluding carboxylic acids is 1. The fraction of sp³-hybridized carbons (Fsp3) is 0.240. The molecule has 36 heavy (non-hydrogen) atoms. The number of methoxy groups -OCH3 is 1. The molecule has 0 spiro atoms. The zero-order valence-electron chi connectivity index (χ0n) is 19.6. The summed E-state index contributed by atoms with van der Waals surface area (Å²) < 4.78 is 19.4. The number of phenols is 1. The number of rotatable bonds is 7. The summed E-state index contributed by atoms with van der Waals surface area (Å²) in [5.74, 6) is 0.473. The molecule has 2 heterocycles. The van der Waals surface area contributed by atoms with Crippen molar-refractivity contribution in [3.8, 4) is 17.2 Å². The smallest absolute Gasteiger partial charge is 0.337 e. The van der Waals surface area contributed by atoms with Gasteiger partial charge in [-0.15, -0.1) is 0 Å². The van der Waals surface area contributed by atoms with Crippen LogP contribution < -0.4 is 24.4 Å². The van der Waals surface area contributed by atoms with Gasteiger partial charge in [0.15, 0.2) is 16.3 Å². The Balaban J connectivity index is 1.93. The molecule has 1 aliphatic rings. The van der Waals surface area contributed by atoms with E-state index in [1.165, 1.54) is 17.9 Å². The molecule has 1 aromatic heterocycles. The molecule has 0 fully saturated rings. The van der Waals surface area contributed by atoms with Crippen LogP contribution in [0.3, 0.4) is 0 Å². The van der Waals surface area contributed by atoms with Gasteiger partial charge in [-0.2, -0.15) is 0 Å². The maximum Gasteiger partial charge on any atom is 0.337 e. The van der Waals surface area contributed by atoms with E-state index in [-0.39, 0.29) is 16.9 Å². The molecule has 0 radical (unpaired) electrons. The number of nitrogens with zero attached hydrogens (tertiary/aromatic N) is 2. The van der Waals surface area contributed by atoms with Crippen molar-refractivity contribution in [2.45, 2.75) is 19.9 Å². The number of esters is 1. The first kappa shape index (κ1) is 26.2. The van der Waals surface area contributed by atoms with E-state index >= 15 is 0 Å². The summed E-state index contributed by atoms with van der Waals surface area (Å²) in [6, 6.07) is 7.92. The summed E-state index contributed by atoms with van der Waals surface area (Å²) in [7, 11) is 1.28. The molecule has 0 aliphatic carbocycles. The molecule has 0 amide bonds. The number of carbonyl (C=O) groups is 1. The summed E-state index contributed by atoms with van der Waals surface area (Å²) in [4.78, 5) is 31.1. The first-order valence-electron chi connectivity index (χ1n) is 11.0. The molecule has 4 rings (SSSR count). The van der Waals surface area contributed by atoms with E-state index in [1.807, 2.05) is 13.8 Å². The van der Waals surface area contributed by atoms with E-state index in [0.717, 1.165) is 15.8 Å². The van der Waals surface area contributed by atoms with Crippen molar-refractivity contribution in [2.24, 2.45) is 4.99 Å². The predicted molar refractivity (Wildman–Crippen MR) is 143 cm³/mol. The van der Waals surface area contributed by atoms with Crippen molar-refractivity contribution >= 4 is 55.2 Å². The Labute approximate surface area is 227 Å². The summed E-state index contributed by atoms with van der Waals surface area (Å²) in [5, 5.41) is 10.5. The minimum absolute atomic E-state index is 0.00343. The average Bonchev–Trinajstić information content (AvgIpc) is 3.17. The summed E-state index contributed by atoms with van der Waals surface area (Å²) in [6.45, 7) is 4.61. The largest absolute Gasteiger partial charge is 0.506 e. The molecule has 1 N–H and O–H groups in total. The molecule has 8 nitrogen and oxygen atoms in total. The number of phenolic OH excluding ortho intramolecular Hbond substituents is 1. The van der Waals surface area contributed by atoms with Crippen LogP contribution in [0.2, 0.25) is 0 Å². The number of thiazole rings is 1. The number of halogens is 2. The number of benzene rings is 2. The number of ether oxygens (including phenoxy) is 3. The van der Waals surface area contributed by atoms with Gasteiger partial charge in [-0.05, 0) is 65.7 Å². The Morgan fingerprint density at radius 2 is 1.89 bits per heavy atom. The minimum Gasteiger partial charge on any atom is -0.506 e. The van der Waals surface area contributed by atoms with Crippen molar-refractivity contribution in [3.63, 3.8) is 0 Å². The van der Waals surface area contributed by atoms with Crippen molar-refractivity contribution in [1.82, 2.24) is 4.57 Å². The Kier molecular flexibility index (Phi) is 8.01. The fourth-order valence-electron chi connectivity index (χ4n) is 3.82. The highest BCUT2D eigenvalue weighted by Crippen LogP contribution is 2.35. The normalized spacial score (nSPS) is 15.1. The molecule has 3 aromatic rings. The van der Waals surface area contributed by atoms with Gasteiger partial charge in [0.05, 0.1) is 40.9 Å². The Hall–Kier alpha value is -2.89. The van der Waals surface area contributed by atoms with Crippen molar-refractivity contribution in [1.29, 1.82) is 0 Å². The molecular weight excluding hydrogens is 616 g/mol. The van der Waals surface area contributed by atoms with Crippen LogP contribution in [0.4, 0.5) is 0 Å². The lowest BCUT2D eigenvalue weighted by atomic mass is 9.97. The zero-order chi connectivity index (χ0) is 26.0. The molecule has 0 saturated heterocycles. The Bertz CT molecular complexity index is 1540. The minimum atomic E-state index is -0.798. The number of aromatic hydroxyl groups is 1. The van der Waals surface area contributed by atoms with E-state index in [0.29, 0.717) is 49.6 Å². The van der Waals surface area contributed by atoms with Gasteiger partial charge >= 0.3 is 5.97 Å². The quantitative estimate of drug-likeness (QED) is 0.393. The number of fused-ring (bicyclic) bond motifs is 1. The molecule has 2 aromatic carbocycles. The van der Waals surface area contributed by atoms with Gasteiger partial charge < -0.3 is 19.3 Å². The van der Waals surface area contributed by atoms with Gasteiger partial charge in [-0.3, -0.25) is 9.36 Å². The van der Waals surface area contributed by atoms with Crippen molar-refractivity contribution < 1.29 is 24.1 Å². The molecular formula is C25H22Br2N2O6S. The van der Waals surface area contributed by atoms with Crippen LogP contribution in [0, 0.1) is 0 Å². The van der Waals surface area contributed by atoms with Crippen LogP contribution in [-0.2, 0) is 9.53 Å². The first-order valence-corrected chi connectivity index (χ1v) is 13.4. The summed E-state index contributed by atoms with van der Waals surface area (Å²) in [6.07, 6.45) is 3.02. The van der Waals surface area contributed by atoms with Gasteiger partial charge in [0.1, 0.15) is 5.75 Å². The van der Waals surface area contributed by atoms with Crippen LogP contribution in [-0.4, -0.2) is 36.0 Å². The molecule has 0 bridgehead atoms. The highest BCUT2D eigenvalue weighted by Gasteiger charge is 2.31. The standard InChI is InChI=1S/C25H22Br2N2O6S/c1-4-34-18-7-6-13(9-19(18)35-5-2)21-16(24(32)33-3)12-28-25-29(21)23(31)20(36-25)10-14-8-15(26)11-17(27)22(14)30/h6-12,21,30H,4-5H2,1-3H3/b20-10-/t21-/m0/s1. The lowest BCUT2D eigenvalue weighted by Gasteiger charge is -2.23. The first-order chi connectivity index (χ1) is 17.3.